The second-order valence-corrected chi connectivity index (χ2v) is 7.86. The Morgan fingerprint density at radius 2 is 1.62 bits per heavy atom. The zero-order chi connectivity index (χ0) is 24.3. The zero-order valence-electron chi connectivity index (χ0n) is 17.9. The number of para-hydroxylation sites is 1. The summed E-state index contributed by atoms with van der Waals surface area (Å²) in [5, 5.41) is 6.69. The number of aromatic nitrogens is 2. The molecule has 4 aromatic rings. The summed E-state index contributed by atoms with van der Waals surface area (Å²) in [6.07, 6.45) is -4.60. The molecule has 9 heteroatoms. The lowest BCUT2D eigenvalue weighted by Gasteiger charge is -2.11. The van der Waals surface area contributed by atoms with Gasteiger partial charge >= 0.3 is 6.18 Å². The van der Waals surface area contributed by atoms with E-state index < -0.39 is 11.9 Å². The molecule has 0 radical (unpaired) electrons. The lowest BCUT2D eigenvalue weighted by Crippen LogP contribution is -2.08. The molecule has 0 saturated heterocycles. The highest BCUT2D eigenvalue weighted by Gasteiger charge is 2.35. The maximum Gasteiger partial charge on any atom is 0.435 e. The van der Waals surface area contributed by atoms with E-state index in [0.717, 1.165) is 21.9 Å². The highest BCUT2D eigenvalue weighted by atomic mass is 35.5. The Bertz CT molecular complexity index is 1300. The maximum atomic E-state index is 13.3. The third-order valence-corrected chi connectivity index (χ3v) is 5.25. The number of anilines is 1. The molecule has 0 aliphatic carbocycles. The SMILES string of the molecule is CC(=O)Nc1ccc(-c2ccc(OCc3cc(C(F)(F)F)nn3-c3ccccc3Cl)cc2)cc1. The van der Waals surface area contributed by atoms with Gasteiger partial charge in [-0.05, 0) is 53.6 Å². The van der Waals surface area contributed by atoms with E-state index in [1.807, 2.05) is 24.3 Å². The molecule has 0 bridgehead atoms. The summed E-state index contributed by atoms with van der Waals surface area (Å²) in [6.45, 7) is 1.30. The van der Waals surface area contributed by atoms with Gasteiger partial charge < -0.3 is 10.1 Å². The van der Waals surface area contributed by atoms with Gasteiger partial charge in [0.2, 0.25) is 5.91 Å². The van der Waals surface area contributed by atoms with E-state index >= 15 is 0 Å². The summed E-state index contributed by atoms with van der Waals surface area (Å²) in [7, 11) is 0. The average molecular weight is 486 g/mol. The minimum Gasteiger partial charge on any atom is -0.487 e. The molecule has 0 aliphatic heterocycles. The predicted molar refractivity (Wildman–Crippen MR) is 124 cm³/mol. The van der Waals surface area contributed by atoms with Crippen molar-refractivity contribution in [3.63, 3.8) is 0 Å². The standard InChI is InChI=1S/C25H19ClF3N3O2/c1-16(33)30-19-10-6-17(7-11-19)18-8-12-21(13-9-18)34-15-20-14-24(25(27,28)29)31-32(20)23-5-3-2-4-22(23)26/h2-14H,15H2,1H3,(H,30,33). The van der Waals surface area contributed by atoms with Crippen LogP contribution in [0.4, 0.5) is 18.9 Å². The van der Waals surface area contributed by atoms with Crippen molar-refractivity contribution < 1.29 is 22.7 Å². The van der Waals surface area contributed by atoms with Crippen molar-refractivity contribution >= 4 is 23.2 Å². The number of rotatable bonds is 6. The molecule has 4 rings (SSSR count). The number of benzene rings is 3. The minimum atomic E-state index is -4.60. The number of nitrogens with zero attached hydrogens (tertiary/aromatic N) is 2. The molecular weight excluding hydrogens is 467 g/mol. The Labute approximate surface area is 198 Å². The number of amides is 1. The smallest absolute Gasteiger partial charge is 0.435 e. The molecule has 0 aliphatic rings. The molecule has 1 N–H and O–H groups in total. The van der Waals surface area contributed by atoms with Gasteiger partial charge in [-0.1, -0.05) is 48.0 Å². The molecular formula is C25H19ClF3N3O2. The average Bonchev–Trinajstić information content (AvgIpc) is 3.23. The number of hydrogen-bond donors (Lipinski definition) is 1. The van der Waals surface area contributed by atoms with Crippen molar-refractivity contribution in [3.05, 3.63) is 95.3 Å². The van der Waals surface area contributed by atoms with Crippen molar-refractivity contribution in [1.29, 1.82) is 0 Å². The molecule has 34 heavy (non-hydrogen) atoms. The molecule has 3 aromatic carbocycles. The van der Waals surface area contributed by atoms with Crippen LogP contribution in [0.25, 0.3) is 16.8 Å². The predicted octanol–water partition coefficient (Wildman–Crippen LogP) is 6.75. The number of alkyl halides is 3. The van der Waals surface area contributed by atoms with Gasteiger partial charge in [0.05, 0.1) is 16.4 Å². The van der Waals surface area contributed by atoms with E-state index in [2.05, 4.69) is 10.4 Å². The Balaban J connectivity index is 1.52. The Hall–Kier alpha value is -3.78. The number of carbonyl (C=O) groups is 1. The van der Waals surface area contributed by atoms with E-state index in [-0.39, 0.29) is 23.2 Å². The van der Waals surface area contributed by atoms with Crippen molar-refractivity contribution in [2.45, 2.75) is 19.7 Å². The maximum absolute atomic E-state index is 13.3. The van der Waals surface area contributed by atoms with Gasteiger partial charge in [0.25, 0.3) is 0 Å². The largest absolute Gasteiger partial charge is 0.487 e. The first-order chi connectivity index (χ1) is 16.2. The summed E-state index contributed by atoms with van der Waals surface area (Å²) >= 11 is 6.18. The fourth-order valence-electron chi connectivity index (χ4n) is 3.34. The fourth-order valence-corrected chi connectivity index (χ4v) is 3.56. The highest BCUT2D eigenvalue weighted by Crippen LogP contribution is 2.31. The van der Waals surface area contributed by atoms with E-state index in [4.69, 9.17) is 16.3 Å². The van der Waals surface area contributed by atoms with Gasteiger partial charge in [0.1, 0.15) is 12.4 Å². The molecule has 0 fully saturated rings. The second-order valence-electron chi connectivity index (χ2n) is 7.45. The Morgan fingerprint density at radius 1 is 1.00 bits per heavy atom. The van der Waals surface area contributed by atoms with E-state index in [9.17, 15) is 18.0 Å². The lowest BCUT2D eigenvalue weighted by molar-refractivity contribution is -0.141. The molecule has 174 valence electrons. The van der Waals surface area contributed by atoms with E-state index in [1.54, 1.807) is 48.5 Å². The molecule has 5 nitrogen and oxygen atoms in total. The molecule has 1 aromatic heterocycles. The van der Waals surface area contributed by atoms with Crippen LogP contribution in [-0.4, -0.2) is 15.7 Å². The quantitative estimate of drug-likeness (QED) is 0.328. The van der Waals surface area contributed by atoms with Gasteiger partial charge in [0.15, 0.2) is 5.69 Å². The number of ether oxygens (including phenoxy) is 1. The molecule has 1 amide bonds. The van der Waals surface area contributed by atoms with E-state index in [1.165, 1.54) is 6.92 Å². The van der Waals surface area contributed by atoms with Crippen LogP contribution in [0.2, 0.25) is 5.02 Å². The van der Waals surface area contributed by atoms with Crippen molar-refractivity contribution in [2.75, 3.05) is 5.32 Å². The van der Waals surface area contributed by atoms with Gasteiger partial charge in [-0.3, -0.25) is 4.79 Å². The first kappa shape index (κ1) is 23.4. The molecule has 0 saturated carbocycles. The number of nitrogens with one attached hydrogen (secondary N) is 1. The first-order valence-corrected chi connectivity index (χ1v) is 10.6. The van der Waals surface area contributed by atoms with Crippen LogP contribution in [0.5, 0.6) is 5.75 Å². The van der Waals surface area contributed by atoms with Crippen LogP contribution in [-0.2, 0) is 17.6 Å². The third-order valence-electron chi connectivity index (χ3n) is 4.93. The Kier molecular flexibility index (Phi) is 6.61. The normalized spacial score (nSPS) is 11.3. The summed E-state index contributed by atoms with van der Waals surface area (Å²) in [5.41, 5.74) is 2.07. The van der Waals surface area contributed by atoms with E-state index in [0.29, 0.717) is 17.1 Å². The van der Waals surface area contributed by atoms with Gasteiger partial charge in [-0.15, -0.1) is 0 Å². The number of carbonyl (C=O) groups excluding carboxylic acids is 1. The third kappa shape index (κ3) is 5.40. The topological polar surface area (TPSA) is 56.1 Å². The fraction of sp³-hybridized carbons (Fsp3) is 0.120. The van der Waals surface area contributed by atoms with Gasteiger partial charge in [0, 0.05) is 12.6 Å². The van der Waals surface area contributed by atoms with Crippen molar-refractivity contribution in [3.8, 4) is 22.6 Å². The summed E-state index contributed by atoms with van der Waals surface area (Å²) in [6, 6.07) is 22.0. The lowest BCUT2D eigenvalue weighted by atomic mass is 10.1. The van der Waals surface area contributed by atoms with Crippen molar-refractivity contribution in [2.24, 2.45) is 0 Å². The molecule has 0 atom stereocenters. The van der Waals surface area contributed by atoms with Crippen LogP contribution < -0.4 is 10.1 Å². The summed E-state index contributed by atoms with van der Waals surface area (Å²) in [5.74, 6) is 0.339. The molecule has 0 unspecified atom stereocenters. The minimum absolute atomic E-state index is 0.140. The number of hydrogen-bond acceptors (Lipinski definition) is 3. The van der Waals surface area contributed by atoms with Crippen LogP contribution >= 0.6 is 11.6 Å². The summed E-state index contributed by atoms with van der Waals surface area (Å²) in [4.78, 5) is 11.1. The summed E-state index contributed by atoms with van der Waals surface area (Å²) < 4.78 is 46.8. The zero-order valence-corrected chi connectivity index (χ0v) is 18.7. The molecule has 0 spiro atoms. The first-order valence-electron chi connectivity index (χ1n) is 10.2. The van der Waals surface area contributed by atoms with Crippen LogP contribution in [0.15, 0.2) is 78.9 Å². The highest BCUT2D eigenvalue weighted by molar-refractivity contribution is 6.32. The van der Waals surface area contributed by atoms with Crippen LogP contribution in [0, 0.1) is 0 Å². The van der Waals surface area contributed by atoms with Crippen LogP contribution in [0.1, 0.15) is 18.3 Å². The van der Waals surface area contributed by atoms with Crippen LogP contribution in [0.3, 0.4) is 0 Å². The Morgan fingerprint density at radius 3 is 2.21 bits per heavy atom. The second kappa shape index (κ2) is 9.61. The van der Waals surface area contributed by atoms with Gasteiger partial charge in [-0.25, -0.2) is 4.68 Å². The monoisotopic (exact) mass is 485 g/mol. The van der Waals surface area contributed by atoms with Gasteiger partial charge in [-0.2, -0.15) is 18.3 Å². The number of halogens is 4. The molecule has 1 heterocycles. The van der Waals surface area contributed by atoms with Crippen molar-refractivity contribution in [1.82, 2.24) is 9.78 Å².